The van der Waals surface area contributed by atoms with Crippen LogP contribution in [0.3, 0.4) is 0 Å². The minimum atomic E-state index is -0.179. The summed E-state index contributed by atoms with van der Waals surface area (Å²) in [7, 11) is 0. The molecule has 3 unspecified atom stereocenters. The fourth-order valence-corrected chi connectivity index (χ4v) is 5.98. The molecule has 35 heavy (non-hydrogen) atoms. The topological polar surface area (TPSA) is 66.4 Å². The zero-order valence-corrected chi connectivity index (χ0v) is 20.0. The molecular formula is C28H31N5O2. The number of amides is 1. The van der Waals surface area contributed by atoms with E-state index >= 15 is 0 Å². The lowest BCUT2D eigenvalue weighted by atomic mass is 9.98. The average molecular weight is 470 g/mol. The molecule has 2 aromatic heterocycles. The van der Waals surface area contributed by atoms with Crippen LogP contribution in [-0.2, 0) is 17.7 Å². The summed E-state index contributed by atoms with van der Waals surface area (Å²) < 4.78 is 7.35. The number of nitrogens with zero attached hydrogens (tertiary/aromatic N) is 4. The van der Waals surface area contributed by atoms with E-state index in [1.54, 1.807) is 6.20 Å². The Morgan fingerprint density at radius 1 is 1.17 bits per heavy atom. The third-order valence-electron chi connectivity index (χ3n) is 7.62. The molecule has 180 valence electrons. The third-order valence-corrected chi connectivity index (χ3v) is 7.62. The Morgan fingerprint density at radius 3 is 2.86 bits per heavy atom. The van der Waals surface area contributed by atoms with Gasteiger partial charge in [0.1, 0.15) is 0 Å². The number of carbonyl (C=O) groups is 1. The standard InChI is InChI=1S/C28H31N5O2/c1-2-35-28(34)32-17-22-13-24(33(27(22)18-32)16-20-6-4-3-5-7-20)12-21-15-30-26-9-8-23(14-25(21)26)31-11-10-29-19-31/h3-11,14-15,19,22,24,27,30H,2,12-13,16-18H2,1H3. The lowest BCUT2D eigenvalue weighted by Gasteiger charge is -2.30. The third kappa shape index (κ3) is 4.21. The molecule has 2 aromatic carbocycles. The number of H-pyrrole nitrogens is 1. The van der Waals surface area contributed by atoms with Crippen molar-refractivity contribution >= 4 is 17.0 Å². The minimum absolute atomic E-state index is 0.179. The molecule has 4 heterocycles. The maximum atomic E-state index is 12.4. The first-order valence-electron chi connectivity index (χ1n) is 12.5. The number of imidazole rings is 1. The van der Waals surface area contributed by atoms with E-state index in [1.807, 2.05) is 28.9 Å². The second-order valence-electron chi connectivity index (χ2n) is 9.70. The van der Waals surface area contributed by atoms with Gasteiger partial charge in [0.25, 0.3) is 0 Å². The lowest BCUT2D eigenvalue weighted by Crippen LogP contribution is -2.41. The molecule has 0 bridgehead atoms. The predicted molar refractivity (Wildman–Crippen MR) is 135 cm³/mol. The molecule has 0 radical (unpaired) electrons. The minimum Gasteiger partial charge on any atom is -0.450 e. The van der Waals surface area contributed by atoms with Gasteiger partial charge in [-0.25, -0.2) is 9.78 Å². The molecule has 0 spiro atoms. The largest absolute Gasteiger partial charge is 0.450 e. The molecule has 7 heteroatoms. The first-order chi connectivity index (χ1) is 17.2. The summed E-state index contributed by atoms with van der Waals surface area (Å²) in [5.41, 5.74) is 4.93. The summed E-state index contributed by atoms with van der Waals surface area (Å²) >= 11 is 0. The molecule has 1 amide bonds. The number of hydrogen-bond donors (Lipinski definition) is 1. The van der Waals surface area contributed by atoms with Crippen LogP contribution in [0.5, 0.6) is 0 Å². The van der Waals surface area contributed by atoms with Crippen molar-refractivity contribution < 1.29 is 9.53 Å². The summed E-state index contributed by atoms with van der Waals surface area (Å²) in [5, 5.41) is 1.26. The van der Waals surface area contributed by atoms with E-state index in [-0.39, 0.29) is 6.09 Å². The van der Waals surface area contributed by atoms with E-state index in [0.29, 0.717) is 24.6 Å². The molecule has 3 atom stereocenters. The lowest BCUT2D eigenvalue weighted by molar-refractivity contribution is 0.105. The summed E-state index contributed by atoms with van der Waals surface area (Å²) in [4.78, 5) is 24.6. The number of benzene rings is 2. The van der Waals surface area contributed by atoms with Crippen molar-refractivity contribution in [2.24, 2.45) is 5.92 Å². The highest BCUT2D eigenvalue weighted by molar-refractivity contribution is 5.85. The van der Waals surface area contributed by atoms with Crippen molar-refractivity contribution in [3.05, 3.63) is 84.6 Å². The average Bonchev–Trinajstić information content (AvgIpc) is 3.66. The number of fused-ring (bicyclic) bond motifs is 2. The summed E-state index contributed by atoms with van der Waals surface area (Å²) in [6, 6.07) is 18.0. The fraction of sp³-hybridized carbons (Fsp3) is 0.357. The van der Waals surface area contributed by atoms with Crippen LogP contribution in [0.2, 0.25) is 0 Å². The van der Waals surface area contributed by atoms with E-state index in [1.165, 1.54) is 16.5 Å². The summed E-state index contributed by atoms with van der Waals surface area (Å²) in [5.74, 6) is 0.472. The van der Waals surface area contributed by atoms with Crippen molar-refractivity contribution in [3.8, 4) is 5.69 Å². The molecule has 4 aromatic rings. The summed E-state index contributed by atoms with van der Waals surface area (Å²) in [6.07, 6.45) is 9.67. The molecule has 1 N–H and O–H groups in total. The van der Waals surface area contributed by atoms with Gasteiger partial charge < -0.3 is 19.2 Å². The van der Waals surface area contributed by atoms with Crippen LogP contribution in [0, 0.1) is 5.92 Å². The van der Waals surface area contributed by atoms with Crippen LogP contribution in [0.1, 0.15) is 24.5 Å². The van der Waals surface area contributed by atoms with Gasteiger partial charge in [-0.05, 0) is 55.0 Å². The van der Waals surface area contributed by atoms with Gasteiger partial charge in [0.15, 0.2) is 0 Å². The van der Waals surface area contributed by atoms with Crippen molar-refractivity contribution in [1.82, 2.24) is 24.3 Å². The Bertz CT molecular complexity index is 1300. The molecule has 7 nitrogen and oxygen atoms in total. The van der Waals surface area contributed by atoms with Gasteiger partial charge in [-0.15, -0.1) is 0 Å². The van der Waals surface area contributed by atoms with Gasteiger partial charge in [-0.2, -0.15) is 0 Å². The Labute approximate surface area is 205 Å². The van der Waals surface area contributed by atoms with Crippen molar-refractivity contribution in [3.63, 3.8) is 0 Å². The first-order valence-corrected chi connectivity index (χ1v) is 12.5. The highest BCUT2D eigenvalue weighted by atomic mass is 16.6. The number of likely N-dealkylation sites (tertiary alicyclic amines) is 2. The van der Waals surface area contributed by atoms with Crippen LogP contribution < -0.4 is 0 Å². The smallest absolute Gasteiger partial charge is 0.409 e. The van der Waals surface area contributed by atoms with E-state index in [4.69, 9.17) is 4.74 Å². The second-order valence-corrected chi connectivity index (χ2v) is 9.70. The molecule has 2 aliphatic rings. The number of hydrogen-bond acceptors (Lipinski definition) is 4. The van der Waals surface area contributed by atoms with Crippen molar-refractivity contribution in [2.75, 3.05) is 19.7 Å². The Balaban J connectivity index is 1.27. The molecule has 6 rings (SSSR count). The number of aromatic nitrogens is 3. The van der Waals surface area contributed by atoms with Crippen LogP contribution >= 0.6 is 0 Å². The van der Waals surface area contributed by atoms with Gasteiger partial charge in [0.05, 0.1) is 12.9 Å². The first kappa shape index (κ1) is 21.9. The van der Waals surface area contributed by atoms with Gasteiger partial charge >= 0.3 is 6.09 Å². The second kappa shape index (κ2) is 9.23. The van der Waals surface area contributed by atoms with Gasteiger partial charge in [0, 0.05) is 66.9 Å². The van der Waals surface area contributed by atoms with Crippen LogP contribution in [0.25, 0.3) is 16.6 Å². The zero-order valence-electron chi connectivity index (χ0n) is 20.0. The SMILES string of the molecule is CCOC(=O)N1CC2CC(Cc3c[nH]c4ccc(-n5ccnc5)cc34)N(Cc3ccccc3)C2C1. The zero-order chi connectivity index (χ0) is 23.8. The highest BCUT2D eigenvalue weighted by Crippen LogP contribution is 2.39. The number of nitrogens with one attached hydrogen (secondary N) is 1. The normalized spacial score (nSPS) is 22.1. The molecule has 2 aliphatic heterocycles. The highest BCUT2D eigenvalue weighted by Gasteiger charge is 2.47. The van der Waals surface area contributed by atoms with Gasteiger partial charge in [-0.1, -0.05) is 30.3 Å². The quantitative estimate of drug-likeness (QED) is 0.447. The Hall–Kier alpha value is -3.58. The Kier molecular flexibility index (Phi) is 5.78. The Morgan fingerprint density at radius 2 is 2.06 bits per heavy atom. The number of aromatic amines is 1. The number of rotatable bonds is 6. The molecular weight excluding hydrogens is 438 g/mol. The van der Waals surface area contributed by atoms with Crippen LogP contribution in [0.4, 0.5) is 4.79 Å². The van der Waals surface area contributed by atoms with E-state index < -0.39 is 0 Å². The molecule has 0 saturated carbocycles. The number of carbonyl (C=O) groups excluding carboxylic acids is 1. The van der Waals surface area contributed by atoms with Gasteiger partial charge in [-0.3, -0.25) is 4.90 Å². The van der Waals surface area contributed by atoms with Crippen molar-refractivity contribution in [2.45, 2.75) is 38.4 Å². The number of ether oxygens (including phenoxy) is 1. The fourth-order valence-electron chi connectivity index (χ4n) is 5.98. The van der Waals surface area contributed by atoms with Gasteiger partial charge in [0.2, 0.25) is 0 Å². The predicted octanol–water partition coefficient (Wildman–Crippen LogP) is 4.63. The molecule has 2 saturated heterocycles. The van der Waals surface area contributed by atoms with Crippen molar-refractivity contribution in [1.29, 1.82) is 0 Å². The van der Waals surface area contributed by atoms with Crippen LogP contribution in [0.15, 0.2) is 73.4 Å². The van der Waals surface area contributed by atoms with E-state index in [9.17, 15) is 4.79 Å². The van der Waals surface area contributed by atoms with E-state index in [2.05, 4.69) is 69.6 Å². The molecule has 2 fully saturated rings. The monoisotopic (exact) mass is 469 g/mol. The maximum absolute atomic E-state index is 12.4. The maximum Gasteiger partial charge on any atom is 0.409 e. The van der Waals surface area contributed by atoms with Crippen LogP contribution in [-0.4, -0.2) is 62.2 Å². The van der Waals surface area contributed by atoms with E-state index in [0.717, 1.165) is 43.7 Å². The summed E-state index contributed by atoms with van der Waals surface area (Å²) in [6.45, 7) is 4.70. The molecule has 0 aliphatic carbocycles.